The predicted molar refractivity (Wildman–Crippen MR) is 103 cm³/mol. The summed E-state index contributed by atoms with van der Waals surface area (Å²) >= 11 is 0. The number of halogens is 3. The highest BCUT2D eigenvalue weighted by molar-refractivity contribution is 5.92. The molecule has 0 bridgehead atoms. The van der Waals surface area contributed by atoms with E-state index < -0.39 is 12.1 Å². The second-order valence-electron chi connectivity index (χ2n) is 7.13. The first-order valence-corrected chi connectivity index (χ1v) is 9.85. The number of aliphatic carboxylic acids is 1. The summed E-state index contributed by atoms with van der Waals surface area (Å²) in [6, 6.07) is 1.60. The quantitative estimate of drug-likeness (QED) is 0.739. The molecule has 1 N–H and O–H groups in total. The van der Waals surface area contributed by atoms with Gasteiger partial charge in [-0.3, -0.25) is 4.79 Å². The van der Waals surface area contributed by atoms with E-state index in [4.69, 9.17) is 24.0 Å². The molecule has 174 valence electrons. The second kappa shape index (κ2) is 9.94. The van der Waals surface area contributed by atoms with E-state index in [0.29, 0.717) is 31.3 Å². The zero-order chi connectivity index (χ0) is 23.3. The van der Waals surface area contributed by atoms with Crippen molar-refractivity contribution < 1.29 is 37.0 Å². The molecule has 0 aromatic carbocycles. The Hall–Kier alpha value is -3.22. The van der Waals surface area contributed by atoms with Crippen molar-refractivity contribution in [2.24, 2.45) is 0 Å². The number of morpholine rings is 1. The summed E-state index contributed by atoms with van der Waals surface area (Å²) in [5.74, 6) is -1.17. The van der Waals surface area contributed by atoms with Crippen molar-refractivity contribution in [3.05, 3.63) is 35.9 Å². The number of aryl methyl sites for hydroxylation is 1. The number of ether oxygens (including phenoxy) is 1. The van der Waals surface area contributed by atoms with Crippen LogP contribution < -0.4 is 4.90 Å². The molecule has 1 unspecified atom stereocenters. The van der Waals surface area contributed by atoms with Gasteiger partial charge in [0, 0.05) is 25.8 Å². The first kappa shape index (κ1) is 23.4. The summed E-state index contributed by atoms with van der Waals surface area (Å²) in [5, 5.41) is 7.12. The van der Waals surface area contributed by atoms with Crippen molar-refractivity contribution in [2.75, 3.05) is 37.7 Å². The summed E-state index contributed by atoms with van der Waals surface area (Å²) in [6.07, 6.45) is 0.331. The molecule has 2 aliphatic rings. The Morgan fingerprint density at radius 2 is 1.88 bits per heavy atom. The second-order valence-corrected chi connectivity index (χ2v) is 7.13. The van der Waals surface area contributed by atoms with Gasteiger partial charge in [-0.1, -0.05) is 0 Å². The number of anilines is 1. The number of amides is 1. The average Bonchev–Trinajstić information content (AvgIpc) is 3.45. The monoisotopic (exact) mass is 457 g/mol. The van der Waals surface area contributed by atoms with Crippen molar-refractivity contribution in [1.29, 1.82) is 0 Å². The van der Waals surface area contributed by atoms with Crippen molar-refractivity contribution in [2.45, 2.75) is 32.0 Å². The molecule has 0 saturated carbocycles. The van der Waals surface area contributed by atoms with E-state index in [1.807, 2.05) is 6.07 Å². The Kier molecular flexibility index (Phi) is 7.28. The first-order chi connectivity index (χ1) is 15.2. The van der Waals surface area contributed by atoms with Gasteiger partial charge < -0.3 is 24.1 Å². The van der Waals surface area contributed by atoms with Gasteiger partial charge >= 0.3 is 12.1 Å². The highest BCUT2D eigenvalue weighted by Gasteiger charge is 2.38. The molecular formula is C19H22F3N5O5. The molecule has 0 aliphatic carbocycles. The summed E-state index contributed by atoms with van der Waals surface area (Å²) < 4.78 is 42.6. The fraction of sp³-hybridized carbons (Fsp3) is 0.526. The molecule has 13 heteroatoms. The lowest BCUT2D eigenvalue weighted by molar-refractivity contribution is -0.192. The molecule has 10 nitrogen and oxygen atoms in total. The van der Waals surface area contributed by atoms with E-state index in [2.05, 4.69) is 14.9 Å². The van der Waals surface area contributed by atoms with E-state index in [9.17, 15) is 18.0 Å². The normalized spacial score (nSPS) is 18.8. The molecule has 0 radical (unpaired) electrons. The number of alkyl halides is 3. The van der Waals surface area contributed by atoms with Gasteiger partial charge in [-0.15, -0.1) is 0 Å². The van der Waals surface area contributed by atoms with Gasteiger partial charge in [0.05, 0.1) is 18.9 Å². The summed E-state index contributed by atoms with van der Waals surface area (Å²) in [4.78, 5) is 38.9. The third-order valence-corrected chi connectivity index (χ3v) is 4.96. The minimum atomic E-state index is -5.08. The number of carboxylic acid groups (broad SMARTS) is 1. The highest BCUT2D eigenvalue weighted by Crippen LogP contribution is 2.26. The number of hydrogen-bond acceptors (Lipinski definition) is 8. The molecule has 0 spiro atoms. The molecule has 1 atom stereocenters. The lowest BCUT2D eigenvalue weighted by Gasteiger charge is -2.34. The Morgan fingerprint density at radius 3 is 2.47 bits per heavy atom. The number of oxazole rings is 1. The van der Waals surface area contributed by atoms with E-state index in [1.54, 1.807) is 18.0 Å². The maximum atomic E-state index is 12.9. The average molecular weight is 457 g/mol. The van der Waals surface area contributed by atoms with Crippen LogP contribution in [0.5, 0.6) is 0 Å². The van der Waals surface area contributed by atoms with Crippen LogP contribution in [0, 0.1) is 6.92 Å². The minimum absolute atomic E-state index is 0.196. The van der Waals surface area contributed by atoms with Crippen molar-refractivity contribution >= 4 is 17.7 Å². The molecule has 2 fully saturated rings. The standard InChI is InChI=1S/C17H21N5O3.C2HF3O2/c1-12-15(25-11-19-12)17(23)22-8-9-24-10-13(22)16-18-5-4-14(20-16)21-6-2-3-7-21;3-2(4,5)1(6)7/h4-5,11,13H,2-3,6-10H2,1H3;(H,6,7). The van der Waals surface area contributed by atoms with Crippen LogP contribution in [0.4, 0.5) is 19.0 Å². The highest BCUT2D eigenvalue weighted by atomic mass is 19.4. The number of rotatable bonds is 3. The van der Waals surface area contributed by atoms with Crippen LogP contribution in [0.15, 0.2) is 23.1 Å². The topological polar surface area (TPSA) is 122 Å². The third kappa shape index (κ3) is 5.52. The van der Waals surface area contributed by atoms with Crippen LogP contribution in [-0.2, 0) is 9.53 Å². The van der Waals surface area contributed by atoms with Gasteiger partial charge in [-0.25, -0.2) is 19.7 Å². The van der Waals surface area contributed by atoms with Gasteiger partial charge in [0.15, 0.2) is 12.2 Å². The number of carbonyl (C=O) groups excluding carboxylic acids is 1. The third-order valence-electron chi connectivity index (χ3n) is 4.96. The fourth-order valence-electron chi connectivity index (χ4n) is 3.34. The number of carbonyl (C=O) groups is 2. The molecule has 4 rings (SSSR count). The van der Waals surface area contributed by atoms with E-state index >= 15 is 0 Å². The van der Waals surface area contributed by atoms with Crippen LogP contribution in [0.2, 0.25) is 0 Å². The summed E-state index contributed by atoms with van der Waals surface area (Å²) in [5.41, 5.74) is 0.585. The molecule has 4 heterocycles. The largest absolute Gasteiger partial charge is 0.490 e. The predicted octanol–water partition coefficient (Wildman–Crippen LogP) is 2.22. The number of hydrogen-bond donors (Lipinski definition) is 1. The summed E-state index contributed by atoms with van der Waals surface area (Å²) in [6.45, 7) is 5.12. The molecule has 2 aliphatic heterocycles. The molecule has 1 amide bonds. The van der Waals surface area contributed by atoms with Gasteiger partial charge in [0.1, 0.15) is 11.9 Å². The molecular weight excluding hydrogens is 435 g/mol. The van der Waals surface area contributed by atoms with Gasteiger partial charge in [-0.05, 0) is 25.8 Å². The Bertz CT molecular complexity index is 945. The van der Waals surface area contributed by atoms with Crippen LogP contribution >= 0.6 is 0 Å². The fourth-order valence-corrected chi connectivity index (χ4v) is 3.34. The maximum absolute atomic E-state index is 12.9. The molecule has 32 heavy (non-hydrogen) atoms. The van der Waals surface area contributed by atoms with Gasteiger partial charge in [-0.2, -0.15) is 13.2 Å². The number of carboxylic acids is 1. The van der Waals surface area contributed by atoms with Crippen LogP contribution in [-0.4, -0.2) is 75.9 Å². The molecule has 2 saturated heterocycles. The lowest BCUT2D eigenvalue weighted by atomic mass is 10.2. The first-order valence-electron chi connectivity index (χ1n) is 9.85. The molecule has 2 aromatic heterocycles. The molecule has 2 aromatic rings. The van der Waals surface area contributed by atoms with Crippen molar-refractivity contribution in [3.63, 3.8) is 0 Å². The van der Waals surface area contributed by atoms with Crippen molar-refractivity contribution in [1.82, 2.24) is 19.9 Å². The summed E-state index contributed by atoms with van der Waals surface area (Å²) in [7, 11) is 0. The Balaban J connectivity index is 0.000000360. The Morgan fingerprint density at radius 1 is 1.19 bits per heavy atom. The van der Waals surface area contributed by atoms with Crippen LogP contribution in [0.3, 0.4) is 0 Å². The van der Waals surface area contributed by atoms with Gasteiger partial charge in [0.2, 0.25) is 5.76 Å². The minimum Gasteiger partial charge on any atom is -0.475 e. The SMILES string of the molecule is Cc1ncoc1C(=O)N1CCOCC1c1nccc(N2CCCC2)n1.O=C(O)C(F)(F)F. The smallest absolute Gasteiger partial charge is 0.475 e. The number of nitrogens with zero attached hydrogens (tertiary/aromatic N) is 5. The van der Waals surface area contributed by atoms with E-state index in [1.165, 1.54) is 19.2 Å². The van der Waals surface area contributed by atoms with Crippen LogP contribution in [0.1, 0.15) is 41.0 Å². The maximum Gasteiger partial charge on any atom is 0.490 e. The number of aromatic nitrogens is 3. The zero-order valence-electron chi connectivity index (χ0n) is 17.2. The van der Waals surface area contributed by atoms with Gasteiger partial charge in [0.25, 0.3) is 5.91 Å². The lowest BCUT2D eigenvalue weighted by Crippen LogP contribution is -2.44. The van der Waals surface area contributed by atoms with E-state index in [-0.39, 0.29) is 17.7 Å². The zero-order valence-corrected chi connectivity index (χ0v) is 17.2. The Labute approximate surface area is 181 Å². The van der Waals surface area contributed by atoms with E-state index in [0.717, 1.165) is 18.9 Å². The van der Waals surface area contributed by atoms with Crippen molar-refractivity contribution in [3.8, 4) is 0 Å². The van der Waals surface area contributed by atoms with Crippen LogP contribution in [0.25, 0.3) is 0 Å².